The van der Waals surface area contributed by atoms with Crippen LogP contribution in [0.25, 0.3) is 0 Å². The molecule has 0 aliphatic carbocycles. The lowest BCUT2D eigenvalue weighted by molar-refractivity contribution is -0.384. The minimum Gasteiger partial charge on any atom is -0.398 e. The van der Waals surface area contributed by atoms with Crippen molar-refractivity contribution in [3.05, 3.63) is 28.3 Å². The van der Waals surface area contributed by atoms with Gasteiger partial charge in [0.05, 0.1) is 4.92 Å². The van der Waals surface area contributed by atoms with Crippen molar-refractivity contribution in [1.29, 1.82) is 0 Å². The molecule has 6 heteroatoms. The topological polar surface area (TPSA) is 84.4 Å². The molecule has 0 unspecified atom stereocenters. The summed E-state index contributed by atoms with van der Waals surface area (Å²) in [4.78, 5) is 12.7. The number of piperidine rings is 1. The van der Waals surface area contributed by atoms with Crippen LogP contribution in [-0.4, -0.2) is 36.5 Å². The van der Waals surface area contributed by atoms with E-state index in [0.717, 1.165) is 37.7 Å². The maximum atomic E-state index is 10.8. The lowest BCUT2D eigenvalue weighted by Gasteiger charge is -2.28. The maximum absolute atomic E-state index is 10.8. The van der Waals surface area contributed by atoms with E-state index in [4.69, 9.17) is 5.73 Å². The van der Waals surface area contributed by atoms with Crippen LogP contribution < -0.4 is 11.1 Å². The molecule has 1 aromatic carbocycles. The van der Waals surface area contributed by atoms with Crippen molar-refractivity contribution < 1.29 is 4.92 Å². The molecule has 1 aliphatic rings. The van der Waals surface area contributed by atoms with E-state index in [2.05, 4.69) is 17.3 Å². The summed E-state index contributed by atoms with van der Waals surface area (Å²) < 4.78 is 0. The van der Waals surface area contributed by atoms with Crippen LogP contribution in [0.3, 0.4) is 0 Å². The van der Waals surface area contributed by atoms with Crippen LogP contribution in [-0.2, 0) is 0 Å². The number of anilines is 2. The van der Waals surface area contributed by atoms with Crippen molar-refractivity contribution in [1.82, 2.24) is 4.90 Å². The number of nitrogens with two attached hydrogens (primary N) is 1. The van der Waals surface area contributed by atoms with Crippen molar-refractivity contribution in [3.63, 3.8) is 0 Å². The second kappa shape index (κ2) is 6.56. The highest BCUT2D eigenvalue weighted by atomic mass is 16.6. The number of non-ortho nitro benzene ring substituents is 1. The zero-order chi connectivity index (χ0) is 14.5. The predicted octanol–water partition coefficient (Wildman–Crippen LogP) is 2.32. The summed E-state index contributed by atoms with van der Waals surface area (Å²) in [5.41, 5.74) is 6.86. The second-order valence-corrected chi connectivity index (χ2v) is 5.53. The van der Waals surface area contributed by atoms with Gasteiger partial charge in [-0.15, -0.1) is 0 Å². The number of likely N-dealkylation sites (tertiary alicyclic amines) is 1. The first kappa shape index (κ1) is 14.6. The smallest absolute Gasteiger partial charge is 0.273 e. The first-order valence-electron chi connectivity index (χ1n) is 7.02. The summed E-state index contributed by atoms with van der Waals surface area (Å²) in [7, 11) is 2.15. The van der Waals surface area contributed by atoms with Gasteiger partial charge in [0.2, 0.25) is 0 Å². The normalized spacial score (nSPS) is 17.1. The van der Waals surface area contributed by atoms with Gasteiger partial charge in [0.25, 0.3) is 5.69 Å². The van der Waals surface area contributed by atoms with E-state index < -0.39 is 4.92 Å². The number of nitrogens with one attached hydrogen (secondary N) is 1. The lowest BCUT2D eigenvalue weighted by atomic mass is 9.94. The van der Waals surface area contributed by atoms with Crippen LogP contribution in [0.4, 0.5) is 17.1 Å². The fraction of sp³-hybridized carbons (Fsp3) is 0.571. The third-order valence-corrected chi connectivity index (χ3v) is 3.87. The van der Waals surface area contributed by atoms with Crippen LogP contribution in [0.15, 0.2) is 18.2 Å². The summed E-state index contributed by atoms with van der Waals surface area (Å²) in [5, 5.41) is 14.0. The minimum atomic E-state index is -0.418. The Morgan fingerprint density at radius 3 is 2.75 bits per heavy atom. The average Bonchev–Trinajstić information content (AvgIpc) is 2.40. The predicted molar refractivity (Wildman–Crippen MR) is 80.8 cm³/mol. The Morgan fingerprint density at radius 2 is 2.10 bits per heavy atom. The Labute approximate surface area is 119 Å². The van der Waals surface area contributed by atoms with Crippen LogP contribution in [0.5, 0.6) is 0 Å². The Kier molecular flexibility index (Phi) is 4.79. The van der Waals surface area contributed by atoms with E-state index in [1.54, 1.807) is 6.07 Å². The molecule has 0 bridgehead atoms. The van der Waals surface area contributed by atoms with E-state index >= 15 is 0 Å². The number of hydrogen-bond donors (Lipinski definition) is 2. The van der Waals surface area contributed by atoms with Crippen molar-refractivity contribution >= 4 is 17.1 Å². The molecule has 1 fully saturated rings. The van der Waals surface area contributed by atoms with Gasteiger partial charge >= 0.3 is 0 Å². The van der Waals surface area contributed by atoms with E-state index in [9.17, 15) is 10.1 Å². The summed E-state index contributed by atoms with van der Waals surface area (Å²) in [5.74, 6) is 0.745. The SMILES string of the molecule is CN1CCC(CCNc2cc(N)cc([N+](=O)[O-])c2)CC1. The Morgan fingerprint density at radius 1 is 1.40 bits per heavy atom. The molecule has 0 atom stereocenters. The first-order valence-corrected chi connectivity index (χ1v) is 7.02. The first-order chi connectivity index (χ1) is 9.54. The monoisotopic (exact) mass is 278 g/mol. The second-order valence-electron chi connectivity index (χ2n) is 5.53. The van der Waals surface area contributed by atoms with Gasteiger partial charge in [0.15, 0.2) is 0 Å². The number of nitro groups is 1. The highest BCUT2D eigenvalue weighted by Crippen LogP contribution is 2.23. The van der Waals surface area contributed by atoms with Gasteiger partial charge in [0.1, 0.15) is 0 Å². The number of nitrogen functional groups attached to an aromatic ring is 1. The van der Waals surface area contributed by atoms with Crippen LogP contribution in [0, 0.1) is 16.0 Å². The Bertz CT molecular complexity index is 470. The fourth-order valence-electron chi connectivity index (χ4n) is 2.61. The molecule has 0 aromatic heterocycles. The van der Waals surface area contributed by atoms with Crippen LogP contribution in [0.1, 0.15) is 19.3 Å². The summed E-state index contributed by atoms with van der Waals surface area (Å²) in [6.45, 7) is 3.15. The summed E-state index contributed by atoms with van der Waals surface area (Å²) >= 11 is 0. The molecular formula is C14H22N4O2. The third-order valence-electron chi connectivity index (χ3n) is 3.87. The number of rotatable bonds is 5. The van der Waals surface area contributed by atoms with Crippen molar-refractivity contribution in [3.8, 4) is 0 Å². The number of hydrogen-bond acceptors (Lipinski definition) is 5. The van der Waals surface area contributed by atoms with Gasteiger partial charge in [-0.05, 0) is 51.4 Å². The van der Waals surface area contributed by atoms with Crippen molar-refractivity contribution in [2.75, 3.05) is 37.7 Å². The molecule has 0 saturated carbocycles. The van der Waals surface area contributed by atoms with E-state index in [1.165, 1.54) is 25.0 Å². The molecular weight excluding hydrogens is 256 g/mol. The molecule has 1 aliphatic heterocycles. The molecule has 20 heavy (non-hydrogen) atoms. The molecule has 6 nitrogen and oxygen atoms in total. The molecule has 0 amide bonds. The molecule has 3 N–H and O–H groups in total. The average molecular weight is 278 g/mol. The van der Waals surface area contributed by atoms with Gasteiger partial charge in [-0.1, -0.05) is 0 Å². The standard InChI is InChI=1S/C14H22N4O2/c1-17-6-3-11(4-7-17)2-5-16-13-8-12(15)9-14(10-13)18(19)20/h8-11,16H,2-7,15H2,1H3. The van der Waals surface area contributed by atoms with Crippen molar-refractivity contribution in [2.45, 2.75) is 19.3 Å². The lowest BCUT2D eigenvalue weighted by Crippen LogP contribution is -2.30. The zero-order valence-electron chi connectivity index (χ0n) is 11.8. The molecule has 0 spiro atoms. The largest absolute Gasteiger partial charge is 0.398 e. The van der Waals surface area contributed by atoms with Gasteiger partial charge in [-0.3, -0.25) is 10.1 Å². The van der Waals surface area contributed by atoms with Gasteiger partial charge in [0, 0.05) is 30.1 Å². The number of benzene rings is 1. The zero-order valence-corrected chi connectivity index (χ0v) is 11.8. The van der Waals surface area contributed by atoms with E-state index in [1.807, 2.05) is 0 Å². The summed E-state index contributed by atoms with van der Waals surface area (Å²) in [6.07, 6.45) is 3.56. The van der Waals surface area contributed by atoms with E-state index in [0.29, 0.717) is 5.69 Å². The quantitative estimate of drug-likeness (QED) is 0.490. The van der Waals surface area contributed by atoms with Gasteiger partial charge < -0.3 is 16.0 Å². The highest BCUT2D eigenvalue weighted by molar-refractivity contribution is 5.61. The fourth-order valence-corrected chi connectivity index (χ4v) is 2.61. The minimum absolute atomic E-state index is 0.0341. The van der Waals surface area contributed by atoms with Gasteiger partial charge in [-0.25, -0.2) is 0 Å². The molecule has 1 saturated heterocycles. The molecule has 0 radical (unpaired) electrons. The third kappa shape index (κ3) is 4.09. The number of nitro benzene ring substituents is 1. The van der Waals surface area contributed by atoms with Crippen LogP contribution in [0.2, 0.25) is 0 Å². The van der Waals surface area contributed by atoms with Gasteiger partial charge in [-0.2, -0.15) is 0 Å². The highest BCUT2D eigenvalue weighted by Gasteiger charge is 2.16. The maximum Gasteiger partial charge on any atom is 0.273 e. The molecule has 2 rings (SSSR count). The molecule has 1 heterocycles. The number of nitrogens with zero attached hydrogens (tertiary/aromatic N) is 2. The molecule has 110 valence electrons. The Hall–Kier alpha value is -1.82. The summed E-state index contributed by atoms with van der Waals surface area (Å²) in [6, 6.07) is 4.65. The van der Waals surface area contributed by atoms with Crippen LogP contribution >= 0.6 is 0 Å². The van der Waals surface area contributed by atoms with Crippen molar-refractivity contribution in [2.24, 2.45) is 5.92 Å². The Balaban J connectivity index is 1.83. The molecule has 1 aromatic rings. The van der Waals surface area contributed by atoms with E-state index in [-0.39, 0.29) is 5.69 Å².